The zero-order valence-corrected chi connectivity index (χ0v) is 13.2. The molecule has 0 radical (unpaired) electrons. The van der Waals surface area contributed by atoms with Gasteiger partial charge in [-0.25, -0.2) is 4.68 Å². The van der Waals surface area contributed by atoms with Gasteiger partial charge in [0.05, 0.1) is 11.3 Å². The van der Waals surface area contributed by atoms with E-state index >= 15 is 0 Å². The van der Waals surface area contributed by atoms with E-state index in [2.05, 4.69) is 36.4 Å². The summed E-state index contributed by atoms with van der Waals surface area (Å²) in [6.07, 6.45) is 2.57. The molecule has 21 heavy (non-hydrogen) atoms. The Morgan fingerprint density at radius 1 is 1.29 bits per heavy atom. The summed E-state index contributed by atoms with van der Waals surface area (Å²) in [5, 5.41) is 8.05. The third kappa shape index (κ3) is 3.10. The quantitative estimate of drug-likeness (QED) is 0.915. The lowest BCUT2D eigenvalue weighted by Gasteiger charge is -2.12. The third-order valence-corrected chi connectivity index (χ3v) is 3.97. The van der Waals surface area contributed by atoms with E-state index in [1.807, 2.05) is 24.7 Å². The Balaban J connectivity index is 1.86. The number of hydrogen-bond donors (Lipinski definition) is 1. The standard InChI is InChI=1S/C17H23N3O/c1-11-5-8-16(12(2)9-11)21-17-15(10-18-14-6-7-14)13(3)19-20(17)4/h5,8-9,14,18H,6-7,10H2,1-4H3. The van der Waals surface area contributed by atoms with E-state index in [1.54, 1.807) is 0 Å². The van der Waals surface area contributed by atoms with Crippen LogP contribution >= 0.6 is 0 Å². The molecule has 2 aromatic rings. The van der Waals surface area contributed by atoms with Gasteiger partial charge in [-0.05, 0) is 45.2 Å². The molecule has 1 saturated carbocycles. The highest BCUT2D eigenvalue weighted by Gasteiger charge is 2.23. The van der Waals surface area contributed by atoms with E-state index in [9.17, 15) is 0 Å². The van der Waals surface area contributed by atoms with Crippen LogP contribution in [-0.4, -0.2) is 15.8 Å². The van der Waals surface area contributed by atoms with Gasteiger partial charge in [0, 0.05) is 19.6 Å². The van der Waals surface area contributed by atoms with E-state index in [-0.39, 0.29) is 0 Å². The summed E-state index contributed by atoms with van der Waals surface area (Å²) < 4.78 is 7.99. The van der Waals surface area contributed by atoms with Crippen molar-refractivity contribution in [2.24, 2.45) is 7.05 Å². The van der Waals surface area contributed by atoms with Crippen molar-refractivity contribution in [2.45, 2.75) is 46.2 Å². The normalized spacial score (nSPS) is 14.5. The van der Waals surface area contributed by atoms with Crippen LogP contribution in [0.15, 0.2) is 18.2 Å². The number of aryl methyl sites for hydroxylation is 4. The molecule has 3 rings (SSSR count). The van der Waals surface area contributed by atoms with Gasteiger partial charge in [0.25, 0.3) is 0 Å². The van der Waals surface area contributed by atoms with Crippen molar-refractivity contribution in [3.8, 4) is 11.6 Å². The van der Waals surface area contributed by atoms with Gasteiger partial charge in [-0.2, -0.15) is 5.10 Å². The number of rotatable bonds is 5. The van der Waals surface area contributed by atoms with Crippen molar-refractivity contribution in [3.63, 3.8) is 0 Å². The van der Waals surface area contributed by atoms with Crippen LogP contribution in [0.2, 0.25) is 0 Å². The van der Waals surface area contributed by atoms with Crippen LogP contribution in [0.1, 0.15) is 35.2 Å². The topological polar surface area (TPSA) is 39.1 Å². The monoisotopic (exact) mass is 285 g/mol. The van der Waals surface area contributed by atoms with Gasteiger partial charge in [-0.1, -0.05) is 17.7 Å². The van der Waals surface area contributed by atoms with Crippen LogP contribution in [0, 0.1) is 20.8 Å². The maximum atomic E-state index is 6.16. The molecule has 4 nitrogen and oxygen atoms in total. The molecule has 0 atom stereocenters. The molecule has 0 unspecified atom stereocenters. The fourth-order valence-corrected chi connectivity index (χ4v) is 2.56. The summed E-state index contributed by atoms with van der Waals surface area (Å²) in [4.78, 5) is 0. The molecule has 1 aromatic heterocycles. The first kappa shape index (κ1) is 14.1. The molecule has 1 aliphatic carbocycles. The van der Waals surface area contributed by atoms with Gasteiger partial charge in [0.1, 0.15) is 5.75 Å². The first-order valence-electron chi connectivity index (χ1n) is 7.55. The van der Waals surface area contributed by atoms with E-state index in [4.69, 9.17) is 4.74 Å². The van der Waals surface area contributed by atoms with E-state index in [0.29, 0.717) is 6.04 Å². The van der Waals surface area contributed by atoms with Gasteiger partial charge in [-0.15, -0.1) is 0 Å². The van der Waals surface area contributed by atoms with Gasteiger partial charge < -0.3 is 10.1 Å². The van der Waals surface area contributed by atoms with E-state index < -0.39 is 0 Å². The average Bonchev–Trinajstić information content (AvgIpc) is 3.19. The fourth-order valence-electron chi connectivity index (χ4n) is 2.56. The minimum absolute atomic E-state index is 0.679. The van der Waals surface area contributed by atoms with Crippen molar-refractivity contribution in [1.29, 1.82) is 0 Å². The smallest absolute Gasteiger partial charge is 0.222 e. The maximum Gasteiger partial charge on any atom is 0.222 e. The highest BCUT2D eigenvalue weighted by molar-refractivity contribution is 5.41. The first-order valence-corrected chi connectivity index (χ1v) is 7.55. The van der Waals surface area contributed by atoms with Crippen molar-refractivity contribution >= 4 is 0 Å². The summed E-state index contributed by atoms with van der Waals surface area (Å²) in [7, 11) is 1.94. The van der Waals surface area contributed by atoms with Gasteiger partial charge in [0.2, 0.25) is 5.88 Å². The SMILES string of the molecule is Cc1ccc(Oc2c(CNC3CC3)c(C)nn2C)c(C)c1. The predicted octanol–water partition coefficient (Wildman–Crippen LogP) is 3.39. The van der Waals surface area contributed by atoms with Crippen LogP contribution < -0.4 is 10.1 Å². The fraction of sp³-hybridized carbons (Fsp3) is 0.471. The zero-order chi connectivity index (χ0) is 15.0. The van der Waals surface area contributed by atoms with Crippen LogP contribution in [0.5, 0.6) is 11.6 Å². The molecule has 4 heteroatoms. The van der Waals surface area contributed by atoms with Gasteiger partial charge in [-0.3, -0.25) is 0 Å². The second-order valence-corrected chi connectivity index (χ2v) is 6.02. The number of ether oxygens (including phenoxy) is 1. The second-order valence-electron chi connectivity index (χ2n) is 6.02. The lowest BCUT2D eigenvalue weighted by Crippen LogP contribution is -2.16. The molecule has 1 fully saturated rings. The summed E-state index contributed by atoms with van der Waals surface area (Å²) in [6, 6.07) is 6.93. The molecule has 1 N–H and O–H groups in total. The molecule has 0 spiro atoms. The molecule has 0 amide bonds. The van der Waals surface area contributed by atoms with Crippen molar-refractivity contribution in [3.05, 3.63) is 40.6 Å². The van der Waals surface area contributed by atoms with E-state index in [0.717, 1.165) is 35.0 Å². The van der Waals surface area contributed by atoms with Crippen LogP contribution in [0.3, 0.4) is 0 Å². The molecular weight excluding hydrogens is 262 g/mol. The van der Waals surface area contributed by atoms with Crippen LogP contribution in [0.25, 0.3) is 0 Å². The Hall–Kier alpha value is -1.81. The summed E-state index contributed by atoms with van der Waals surface area (Å²) in [5.74, 6) is 1.74. The highest BCUT2D eigenvalue weighted by atomic mass is 16.5. The maximum absolute atomic E-state index is 6.16. The molecular formula is C17H23N3O. The number of benzene rings is 1. The van der Waals surface area contributed by atoms with Crippen molar-refractivity contribution < 1.29 is 4.74 Å². The molecule has 112 valence electrons. The minimum Gasteiger partial charge on any atom is -0.439 e. The average molecular weight is 285 g/mol. The Morgan fingerprint density at radius 2 is 2.05 bits per heavy atom. The predicted molar refractivity (Wildman–Crippen MR) is 83.8 cm³/mol. The molecule has 0 aliphatic heterocycles. The summed E-state index contributed by atoms with van der Waals surface area (Å²) >= 11 is 0. The summed E-state index contributed by atoms with van der Waals surface area (Å²) in [6.45, 7) is 7.03. The summed E-state index contributed by atoms with van der Waals surface area (Å²) in [5.41, 5.74) is 4.58. The van der Waals surface area contributed by atoms with Crippen molar-refractivity contribution in [2.75, 3.05) is 0 Å². The molecule has 0 bridgehead atoms. The van der Waals surface area contributed by atoms with E-state index in [1.165, 1.54) is 18.4 Å². The van der Waals surface area contributed by atoms with Crippen LogP contribution in [0.4, 0.5) is 0 Å². The van der Waals surface area contributed by atoms with Crippen molar-refractivity contribution in [1.82, 2.24) is 15.1 Å². The molecule has 0 saturated heterocycles. The number of nitrogens with zero attached hydrogens (tertiary/aromatic N) is 2. The Morgan fingerprint density at radius 3 is 2.71 bits per heavy atom. The Kier molecular flexibility index (Phi) is 3.72. The molecule has 1 aliphatic rings. The zero-order valence-electron chi connectivity index (χ0n) is 13.2. The highest BCUT2D eigenvalue weighted by Crippen LogP contribution is 2.30. The Labute approximate surface area is 126 Å². The first-order chi connectivity index (χ1) is 10.0. The third-order valence-electron chi connectivity index (χ3n) is 3.97. The lowest BCUT2D eigenvalue weighted by molar-refractivity contribution is 0.421. The molecule has 1 heterocycles. The van der Waals surface area contributed by atoms with Gasteiger partial charge in [0.15, 0.2) is 0 Å². The number of nitrogens with one attached hydrogen (secondary N) is 1. The number of hydrogen-bond acceptors (Lipinski definition) is 3. The van der Waals surface area contributed by atoms with Gasteiger partial charge >= 0.3 is 0 Å². The second kappa shape index (κ2) is 5.53. The largest absolute Gasteiger partial charge is 0.439 e. The number of aromatic nitrogens is 2. The lowest BCUT2D eigenvalue weighted by atomic mass is 10.1. The molecule has 1 aromatic carbocycles. The van der Waals surface area contributed by atoms with Crippen LogP contribution in [-0.2, 0) is 13.6 Å². The Bertz CT molecular complexity index is 656. The minimum atomic E-state index is 0.679.